The predicted molar refractivity (Wildman–Crippen MR) is 164 cm³/mol. The molecule has 8 N–H and O–H groups in total. The van der Waals surface area contributed by atoms with Gasteiger partial charge in [0.25, 0.3) is 0 Å². The van der Waals surface area contributed by atoms with Crippen molar-refractivity contribution in [3.05, 3.63) is 0 Å². The number of ether oxygens (including phenoxy) is 3. The molecule has 0 saturated heterocycles. The van der Waals surface area contributed by atoms with Crippen molar-refractivity contribution in [1.29, 1.82) is 0 Å². The summed E-state index contributed by atoms with van der Waals surface area (Å²) in [6, 6.07) is 0. The van der Waals surface area contributed by atoms with E-state index in [-0.39, 0.29) is 11.5 Å². The molecule has 0 spiro atoms. The maximum absolute atomic E-state index is 6.92. The minimum atomic E-state index is 0.172. The molecule has 0 radical (unpaired) electrons. The Morgan fingerprint density at radius 1 is 0.725 bits per heavy atom. The molecule has 0 amide bonds. The van der Waals surface area contributed by atoms with Crippen LogP contribution in [0.25, 0.3) is 0 Å². The molecule has 4 aliphatic carbocycles. The van der Waals surface area contributed by atoms with Crippen LogP contribution in [0, 0.1) is 46.3 Å². The lowest BCUT2D eigenvalue weighted by atomic mass is 9.43. The van der Waals surface area contributed by atoms with Gasteiger partial charge in [-0.2, -0.15) is 0 Å². The Morgan fingerprint density at radius 2 is 1.38 bits per heavy atom. The topological polar surface area (TPSA) is 132 Å². The number of hydrogen-bond acceptors (Lipinski definition) is 7. The fraction of sp³-hybridized carbons (Fsp3) is 1.00. The Hall–Kier alpha value is -0.280. The third-order valence-electron chi connectivity index (χ3n) is 12.4. The predicted octanol–water partition coefficient (Wildman–Crippen LogP) is 4.44. The molecule has 40 heavy (non-hydrogen) atoms. The molecule has 7 nitrogen and oxygen atoms in total. The van der Waals surface area contributed by atoms with Crippen LogP contribution in [0.1, 0.15) is 97.8 Å². The van der Waals surface area contributed by atoms with Gasteiger partial charge in [0.2, 0.25) is 0 Å². The van der Waals surface area contributed by atoms with E-state index < -0.39 is 0 Å². The molecule has 11 atom stereocenters. The van der Waals surface area contributed by atoms with Crippen LogP contribution in [0.15, 0.2) is 0 Å². The summed E-state index contributed by atoms with van der Waals surface area (Å²) >= 11 is 0. The zero-order chi connectivity index (χ0) is 28.8. The van der Waals surface area contributed by atoms with Gasteiger partial charge in [0, 0.05) is 25.2 Å². The van der Waals surface area contributed by atoms with Crippen LogP contribution in [0.2, 0.25) is 0 Å². The Balaban J connectivity index is 1.64. The third-order valence-corrected chi connectivity index (χ3v) is 12.4. The molecule has 0 heterocycles. The molecule has 0 aromatic heterocycles. The van der Waals surface area contributed by atoms with Crippen LogP contribution in [0.4, 0.5) is 0 Å². The Labute approximate surface area is 245 Å². The molecule has 0 aromatic carbocycles. The van der Waals surface area contributed by atoms with E-state index in [2.05, 4.69) is 20.8 Å². The molecule has 234 valence electrons. The molecule has 4 saturated carbocycles. The van der Waals surface area contributed by atoms with Gasteiger partial charge in [-0.3, -0.25) is 0 Å². The summed E-state index contributed by atoms with van der Waals surface area (Å²) in [6.07, 6.45) is 14.6. The summed E-state index contributed by atoms with van der Waals surface area (Å²) in [6.45, 7) is 12.9. The van der Waals surface area contributed by atoms with Crippen molar-refractivity contribution in [1.82, 2.24) is 0 Å². The van der Waals surface area contributed by atoms with Gasteiger partial charge in [-0.05, 0) is 144 Å². The molecule has 4 aliphatic rings. The lowest BCUT2D eigenvalue weighted by Crippen LogP contribution is -2.63. The highest BCUT2D eigenvalue weighted by molar-refractivity contribution is 5.15. The van der Waals surface area contributed by atoms with Gasteiger partial charge in [-0.1, -0.05) is 20.8 Å². The van der Waals surface area contributed by atoms with E-state index in [0.29, 0.717) is 72.8 Å². The normalized spacial score (nSPS) is 41.8. The Bertz CT molecular complexity index is 757. The fourth-order valence-corrected chi connectivity index (χ4v) is 10.2. The summed E-state index contributed by atoms with van der Waals surface area (Å²) in [7, 11) is 0. The second kappa shape index (κ2) is 14.9. The van der Waals surface area contributed by atoms with E-state index >= 15 is 0 Å². The lowest BCUT2D eigenvalue weighted by Gasteiger charge is -2.65. The van der Waals surface area contributed by atoms with Crippen molar-refractivity contribution in [2.24, 2.45) is 69.3 Å². The highest BCUT2D eigenvalue weighted by Crippen LogP contribution is 2.69. The summed E-state index contributed by atoms with van der Waals surface area (Å²) < 4.78 is 20.1. The van der Waals surface area contributed by atoms with Gasteiger partial charge in [-0.25, -0.2) is 0 Å². The van der Waals surface area contributed by atoms with Crippen molar-refractivity contribution in [2.75, 3.05) is 46.0 Å². The van der Waals surface area contributed by atoms with Crippen LogP contribution >= 0.6 is 0 Å². The highest BCUT2D eigenvalue weighted by Gasteiger charge is 2.66. The van der Waals surface area contributed by atoms with Crippen LogP contribution in [0.5, 0.6) is 0 Å². The first-order valence-electron chi connectivity index (χ1n) is 17.0. The SMILES string of the molecule is C[C@H](CCCN)[C@H]1CC[C@H]2C3[C@H](OCCCN)CC4C[C@H](OCCCN)CCC4(C)[C@H]3C[C@H](OCCCN)C12C. The van der Waals surface area contributed by atoms with E-state index in [1.54, 1.807) is 0 Å². The first-order valence-corrected chi connectivity index (χ1v) is 17.0. The number of rotatable bonds is 16. The van der Waals surface area contributed by atoms with Crippen LogP contribution in [0.3, 0.4) is 0 Å². The molecule has 0 bridgehead atoms. The van der Waals surface area contributed by atoms with Crippen LogP contribution < -0.4 is 22.9 Å². The number of nitrogens with two attached hydrogens (primary N) is 4. The largest absolute Gasteiger partial charge is 0.378 e. The Morgan fingerprint density at radius 3 is 2.05 bits per heavy atom. The fourth-order valence-electron chi connectivity index (χ4n) is 10.2. The van der Waals surface area contributed by atoms with Crippen LogP contribution in [-0.4, -0.2) is 64.3 Å². The maximum atomic E-state index is 6.92. The molecular weight excluding hydrogens is 500 g/mol. The second-order valence-electron chi connectivity index (χ2n) is 14.4. The van der Waals surface area contributed by atoms with Crippen molar-refractivity contribution >= 4 is 0 Å². The first-order chi connectivity index (χ1) is 19.3. The van der Waals surface area contributed by atoms with E-state index in [0.717, 1.165) is 71.3 Å². The van der Waals surface area contributed by atoms with Gasteiger partial charge in [-0.15, -0.1) is 0 Å². The molecule has 0 aromatic rings. The first kappa shape index (κ1) is 32.6. The maximum Gasteiger partial charge on any atom is 0.0637 e. The van der Waals surface area contributed by atoms with Gasteiger partial charge in [0.1, 0.15) is 0 Å². The number of hydrogen-bond donors (Lipinski definition) is 4. The third kappa shape index (κ3) is 6.61. The quantitative estimate of drug-likeness (QED) is 0.204. The minimum absolute atomic E-state index is 0.172. The lowest BCUT2D eigenvalue weighted by molar-refractivity contribution is -0.227. The Kier molecular flexibility index (Phi) is 12.2. The standard InChI is InChI=1S/C33H64N4O3/c1-23(8-4-13-34)26-9-10-27-31-28(22-30(33(26,27)3)40-19-7-16-37)32(2)12-11-25(38-17-5-14-35)20-24(32)21-29(31)39-18-6-15-36/h23-31H,4-22,34-37H2,1-3H3/t23-,24?,25-,26-,27+,28+,29-,30+,31?,32?,33?/m1/s1. The molecule has 0 aliphatic heterocycles. The van der Waals surface area contributed by atoms with Gasteiger partial charge >= 0.3 is 0 Å². The molecular formula is C33H64N4O3. The van der Waals surface area contributed by atoms with Crippen molar-refractivity contribution in [3.63, 3.8) is 0 Å². The van der Waals surface area contributed by atoms with Crippen molar-refractivity contribution < 1.29 is 14.2 Å². The molecule has 4 unspecified atom stereocenters. The average Bonchev–Trinajstić information content (AvgIpc) is 3.31. The number of fused-ring (bicyclic) bond motifs is 5. The summed E-state index contributed by atoms with van der Waals surface area (Å²) in [4.78, 5) is 0. The summed E-state index contributed by atoms with van der Waals surface area (Å²) in [5.74, 6) is 3.83. The average molecular weight is 565 g/mol. The monoisotopic (exact) mass is 564 g/mol. The van der Waals surface area contributed by atoms with E-state index in [1.165, 1.54) is 32.1 Å². The summed E-state index contributed by atoms with van der Waals surface area (Å²) in [5.41, 5.74) is 24.0. The zero-order valence-corrected chi connectivity index (χ0v) is 26.2. The van der Waals surface area contributed by atoms with Crippen molar-refractivity contribution in [3.8, 4) is 0 Å². The van der Waals surface area contributed by atoms with Gasteiger partial charge in [0.05, 0.1) is 18.3 Å². The smallest absolute Gasteiger partial charge is 0.0637 e. The summed E-state index contributed by atoms with van der Waals surface area (Å²) in [5, 5.41) is 0. The molecule has 4 rings (SSSR count). The second-order valence-corrected chi connectivity index (χ2v) is 14.4. The van der Waals surface area contributed by atoms with Gasteiger partial charge < -0.3 is 37.1 Å². The van der Waals surface area contributed by atoms with Gasteiger partial charge in [0.15, 0.2) is 0 Å². The van der Waals surface area contributed by atoms with E-state index in [4.69, 9.17) is 37.1 Å². The molecule has 7 heteroatoms. The minimum Gasteiger partial charge on any atom is -0.378 e. The highest BCUT2D eigenvalue weighted by atomic mass is 16.5. The molecule has 4 fully saturated rings. The zero-order valence-electron chi connectivity index (χ0n) is 26.2. The van der Waals surface area contributed by atoms with Crippen molar-refractivity contribution in [2.45, 2.75) is 116 Å². The van der Waals surface area contributed by atoms with Crippen LogP contribution in [-0.2, 0) is 14.2 Å². The van der Waals surface area contributed by atoms with E-state index in [9.17, 15) is 0 Å². The van der Waals surface area contributed by atoms with E-state index in [1.807, 2.05) is 0 Å².